The Kier molecular flexibility index (Phi) is 3.92. The van der Waals surface area contributed by atoms with E-state index in [-0.39, 0.29) is 0 Å². The molecule has 84 valence electrons. The molecule has 1 atom stereocenters. The Hall–Kier alpha value is -1.53. The molecule has 0 heterocycles. The summed E-state index contributed by atoms with van der Waals surface area (Å²) in [7, 11) is 1.29. The topological polar surface area (TPSA) is 50.1 Å². The standard InChI is InChI=1S/C12H12ClNO2/c1-7-4-5-9(8(2)6-14)10(11(7)13)12(15)16-3/h4-5,8H,1-3H3. The number of benzene rings is 1. The van der Waals surface area contributed by atoms with E-state index in [2.05, 4.69) is 10.8 Å². The Morgan fingerprint density at radius 3 is 2.69 bits per heavy atom. The molecule has 0 amide bonds. The lowest BCUT2D eigenvalue weighted by molar-refractivity contribution is 0.0599. The molecule has 1 unspecified atom stereocenters. The van der Waals surface area contributed by atoms with Crippen LogP contribution in [0.1, 0.15) is 34.3 Å². The molecule has 0 aliphatic rings. The van der Waals surface area contributed by atoms with E-state index in [4.69, 9.17) is 16.9 Å². The zero-order chi connectivity index (χ0) is 12.3. The van der Waals surface area contributed by atoms with Gasteiger partial charge < -0.3 is 4.74 Å². The van der Waals surface area contributed by atoms with Crippen molar-refractivity contribution in [2.75, 3.05) is 7.11 Å². The summed E-state index contributed by atoms with van der Waals surface area (Å²) in [6, 6.07) is 5.61. The van der Waals surface area contributed by atoms with Crippen LogP contribution in [-0.4, -0.2) is 13.1 Å². The van der Waals surface area contributed by atoms with Gasteiger partial charge in [0.15, 0.2) is 0 Å². The molecule has 0 N–H and O–H groups in total. The number of nitrogens with zero attached hydrogens (tertiary/aromatic N) is 1. The fourth-order valence-electron chi connectivity index (χ4n) is 1.44. The molecule has 1 rings (SSSR count). The lowest BCUT2D eigenvalue weighted by Crippen LogP contribution is -2.09. The normalized spacial score (nSPS) is 11.7. The highest BCUT2D eigenvalue weighted by Crippen LogP contribution is 2.29. The lowest BCUT2D eigenvalue weighted by Gasteiger charge is -2.12. The van der Waals surface area contributed by atoms with Gasteiger partial charge in [-0.15, -0.1) is 0 Å². The second kappa shape index (κ2) is 5.00. The first-order valence-corrected chi connectivity index (χ1v) is 5.17. The van der Waals surface area contributed by atoms with Gasteiger partial charge >= 0.3 is 5.97 Å². The van der Waals surface area contributed by atoms with Crippen LogP contribution in [-0.2, 0) is 4.74 Å². The first-order valence-electron chi connectivity index (χ1n) is 4.79. The summed E-state index contributed by atoms with van der Waals surface area (Å²) < 4.78 is 4.67. The minimum Gasteiger partial charge on any atom is -0.465 e. The minimum atomic E-state index is -0.509. The third kappa shape index (κ3) is 2.17. The summed E-state index contributed by atoms with van der Waals surface area (Å²) in [5.74, 6) is -0.905. The van der Waals surface area contributed by atoms with Gasteiger partial charge in [0.1, 0.15) is 0 Å². The lowest BCUT2D eigenvalue weighted by atomic mass is 9.95. The summed E-state index contributed by atoms with van der Waals surface area (Å²) in [6.07, 6.45) is 0. The molecule has 3 nitrogen and oxygen atoms in total. The molecule has 0 saturated carbocycles. The molecule has 0 aromatic heterocycles. The average molecular weight is 238 g/mol. The number of ether oxygens (including phenoxy) is 1. The van der Waals surface area contributed by atoms with Gasteiger partial charge in [0.05, 0.1) is 29.7 Å². The maximum absolute atomic E-state index is 11.6. The Balaban J connectivity index is 3.46. The van der Waals surface area contributed by atoms with E-state index in [0.29, 0.717) is 16.1 Å². The van der Waals surface area contributed by atoms with Gasteiger partial charge in [0, 0.05) is 0 Å². The van der Waals surface area contributed by atoms with Crippen molar-refractivity contribution >= 4 is 17.6 Å². The summed E-state index contributed by atoms with van der Waals surface area (Å²) >= 11 is 6.06. The number of methoxy groups -OCH3 is 1. The highest BCUT2D eigenvalue weighted by molar-refractivity contribution is 6.34. The quantitative estimate of drug-likeness (QED) is 0.743. The number of esters is 1. The Bertz CT molecular complexity index is 463. The van der Waals surface area contributed by atoms with Gasteiger partial charge in [0.25, 0.3) is 0 Å². The summed E-state index contributed by atoms with van der Waals surface area (Å²) in [5.41, 5.74) is 1.68. The predicted octanol–water partition coefficient (Wildman–Crippen LogP) is 3.06. The predicted molar refractivity (Wildman–Crippen MR) is 61.6 cm³/mol. The fourth-order valence-corrected chi connectivity index (χ4v) is 1.68. The van der Waals surface area contributed by atoms with E-state index in [1.165, 1.54) is 7.11 Å². The fraction of sp³-hybridized carbons (Fsp3) is 0.333. The van der Waals surface area contributed by atoms with Crippen molar-refractivity contribution in [1.82, 2.24) is 0 Å². The van der Waals surface area contributed by atoms with E-state index in [9.17, 15) is 4.79 Å². The van der Waals surface area contributed by atoms with E-state index >= 15 is 0 Å². The molecule has 0 bridgehead atoms. The monoisotopic (exact) mass is 237 g/mol. The molecule has 0 aliphatic heterocycles. The number of aryl methyl sites for hydroxylation is 1. The molecule has 4 heteroatoms. The van der Waals surface area contributed by atoms with E-state index in [1.807, 2.05) is 0 Å². The van der Waals surface area contributed by atoms with Crippen molar-refractivity contribution in [3.8, 4) is 6.07 Å². The van der Waals surface area contributed by atoms with Gasteiger partial charge in [-0.2, -0.15) is 5.26 Å². The number of carbonyl (C=O) groups excluding carboxylic acids is 1. The van der Waals surface area contributed by atoms with Crippen LogP contribution in [0.5, 0.6) is 0 Å². The smallest absolute Gasteiger partial charge is 0.339 e. The highest BCUT2D eigenvalue weighted by Gasteiger charge is 2.21. The Labute approximate surface area is 99.6 Å². The van der Waals surface area contributed by atoms with Crippen LogP contribution in [0.25, 0.3) is 0 Å². The number of carbonyl (C=O) groups is 1. The first-order chi connectivity index (χ1) is 7.52. The van der Waals surface area contributed by atoms with Crippen molar-refractivity contribution in [3.63, 3.8) is 0 Å². The van der Waals surface area contributed by atoms with Crippen LogP contribution in [0.2, 0.25) is 5.02 Å². The summed E-state index contributed by atoms with van der Waals surface area (Å²) in [4.78, 5) is 11.6. The van der Waals surface area contributed by atoms with E-state index in [1.54, 1.807) is 26.0 Å². The molecule has 0 radical (unpaired) electrons. The van der Waals surface area contributed by atoms with E-state index in [0.717, 1.165) is 5.56 Å². The third-order valence-electron chi connectivity index (χ3n) is 2.42. The second-order valence-corrected chi connectivity index (χ2v) is 3.88. The SMILES string of the molecule is COC(=O)c1c(C(C)C#N)ccc(C)c1Cl. The minimum absolute atomic E-state index is 0.290. The largest absolute Gasteiger partial charge is 0.465 e. The maximum Gasteiger partial charge on any atom is 0.339 e. The first kappa shape index (κ1) is 12.5. The second-order valence-electron chi connectivity index (χ2n) is 3.50. The zero-order valence-corrected chi connectivity index (χ0v) is 10.1. The average Bonchev–Trinajstić information content (AvgIpc) is 2.30. The third-order valence-corrected chi connectivity index (χ3v) is 2.90. The molecule has 16 heavy (non-hydrogen) atoms. The van der Waals surface area contributed by atoms with Gasteiger partial charge in [-0.25, -0.2) is 4.79 Å². The van der Waals surface area contributed by atoms with Gasteiger partial charge in [-0.1, -0.05) is 23.7 Å². The molecule has 1 aromatic rings. The zero-order valence-electron chi connectivity index (χ0n) is 9.37. The molecule has 0 saturated heterocycles. The van der Waals surface area contributed by atoms with Gasteiger partial charge in [-0.3, -0.25) is 0 Å². The van der Waals surface area contributed by atoms with Crippen LogP contribution < -0.4 is 0 Å². The summed E-state index contributed by atoms with van der Waals surface area (Å²) in [5, 5.41) is 9.24. The molecular weight excluding hydrogens is 226 g/mol. The number of hydrogen-bond donors (Lipinski definition) is 0. The van der Waals surface area contributed by atoms with Crippen LogP contribution in [0.15, 0.2) is 12.1 Å². The molecule has 0 fully saturated rings. The van der Waals surface area contributed by atoms with Crippen molar-refractivity contribution < 1.29 is 9.53 Å². The van der Waals surface area contributed by atoms with Crippen LogP contribution in [0.3, 0.4) is 0 Å². The van der Waals surface area contributed by atoms with Gasteiger partial charge in [0.2, 0.25) is 0 Å². The van der Waals surface area contributed by atoms with Crippen molar-refractivity contribution in [2.45, 2.75) is 19.8 Å². The maximum atomic E-state index is 11.6. The van der Waals surface area contributed by atoms with Gasteiger partial charge in [-0.05, 0) is 25.0 Å². The number of rotatable bonds is 2. The van der Waals surface area contributed by atoms with Crippen LogP contribution in [0, 0.1) is 18.3 Å². The Morgan fingerprint density at radius 2 is 2.19 bits per heavy atom. The van der Waals surface area contributed by atoms with Crippen molar-refractivity contribution in [1.29, 1.82) is 5.26 Å². The highest BCUT2D eigenvalue weighted by atomic mass is 35.5. The van der Waals surface area contributed by atoms with Crippen LogP contribution >= 0.6 is 11.6 Å². The number of halogens is 1. The molecule has 0 aliphatic carbocycles. The van der Waals surface area contributed by atoms with Crippen molar-refractivity contribution in [3.05, 3.63) is 33.8 Å². The molecule has 1 aromatic carbocycles. The Morgan fingerprint density at radius 1 is 1.56 bits per heavy atom. The van der Waals surface area contributed by atoms with Crippen molar-refractivity contribution in [2.24, 2.45) is 0 Å². The van der Waals surface area contributed by atoms with Crippen LogP contribution in [0.4, 0.5) is 0 Å². The molecule has 0 spiro atoms. The number of nitriles is 1. The number of hydrogen-bond acceptors (Lipinski definition) is 3. The van der Waals surface area contributed by atoms with E-state index < -0.39 is 11.9 Å². The molecular formula is C12H12ClNO2. The summed E-state index contributed by atoms with van der Waals surface area (Å²) in [6.45, 7) is 3.52.